The van der Waals surface area contributed by atoms with Crippen LogP contribution in [0.15, 0.2) is 12.1 Å². The maximum atomic E-state index is 13.5. The third-order valence-electron chi connectivity index (χ3n) is 2.65. The minimum Gasteiger partial charge on any atom is -0.350 e. The molecule has 1 aromatic rings. The van der Waals surface area contributed by atoms with Gasteiger partial charge in [-0.25, -0.2) is 8.78 Å². The summed E-state index contributed by atoms with van der Waals surface area (Å²) in [6.07, 6.45) is 0.791. The summed E-state index contributed by atoms with van der Waals surface area (Å²) in [4.78, 5) is 11.8. The Balaban J connectivity index is 2.83. The Morgan fingerprint density at radius 3 is 2.21 bits per heavy atom. The Kier molecular flexibility index (Phi) is 5.23. The highest BCUT2D eigenvalue weighted by atomic mass is 19.1. The summed E-state index contributed by atoms with van der Waals surface area (Å²) in [6.45, 7) is 5.91. The van der Waals surface area contributed by atoms with Crippen molar-refractivity contribution in [3.8, 4) is 0 Å². The largest absolute Gasteiger partial charge is 0.350 e. The summed E-state index contributed by atoms with van der Waals surface area (Å²) in [5.41, 5.74) is 1.40. The quantitative estimate of drug-likeness (QED) is 0.569. The Hall–Kier alpha value is -1.69. The van der Waals surface area contributed by atoms with Crippen LogP contribution in [-0.4, -0.2) is 11.9 Å². The number of carbonyl (C=O) groups is 1. The van der Waals surface area contributed by atoms with Crippen molar-refractivity contribution in [3.05, 3.63) is 29.3 Å². The normalized spacial score (nSPS) is 12.4. The van der Waals surface area contributed by atoms with Crippen LogP contribution in [0.3, 0.4) is 0 Å². The molecular weight excluding hydrogens is 252 g/mol. The van der Waals surface area contributed by atoms with Gasteiger partial charge in [-0.1, -0.05) is 13.8 Å². The lowest BCUT2D eigenvalue weighted by Crippen LogP contribution is -2.33. The number of hydrogen-bond donors (Lipinski definition) is 3. The lowest BCUT2D eigenvalue weighted by Gasteiger charge is -2.16. The van der Waals surface area contributed by atoms with E-state index in [0.717, 1.165) is 18.6 Å². The van der Waals surface area contributed by atoms with E-state index in [2.05, 4.69) is 5.32 Å². The fraction of sp³-hybridized carbons (Fsp3) is 0.462. The van der Waals surface area contributed by atoms with Crippen molar-refractivity contribution in [2.24, 2.45) is 11.8 Å². The number of carbonyl (C=O) groups excluding carboxylic acids is 1. The van der Waals surface area contributed by atoms with Gasteiger partial charge in [-0.05, 0) is 31.4 Å². The van der Waals surface area contributed by atoms with Gasteiger partial charge in [0.25, 0.3) is 5.91 Å². The molecule has 0 radical (unpaired) electrons. The van der Waals surface area contributed by atoms with Gasteiger partial charge in [0.1, 0.15) is 5.69 Å². The Labute approximate surface area is 111 Å². The van der Waals surface area contributed by atoms with Crippen LogP contribution in [0.25, 0.3) is 0 Å². The first-order valence-corrected chi connectivity index (χ1v) is 6.11. The van der Waals surface area contributed by atoms with Crippen molar-refractivity contribution in [3.63, 3.8) is 0 Å². The van der Waals surface area contributed by atoms with Gasteiger partial charge < -0.3 is 10.7 Å². The lowest BCUT2D eigenvalue weighted by molar-refractivity contribution is 0.0935. The van der Waals surface area contributed by atoms with Crippen molar-refractivity contribution >= 4 is 11.6 Å². The second-order valence-electron chi connectivity index (χ2n) is 4.96. The molecule has 0 bridgehead atoms. The number of amides is 1. The molecule has 0 spiro atoms. The summed E-state index contributed by atoms with van der Waals surface area (Å²) in [7, 11) is 0. The predicted octanol–water partition coefficient (Wildman–Crippen LogP) is 2.41. The molecule has 1 atom stereocenters. The first-order chi connectivity index (χ1) is 8.85. The molecule has 0 saturated carbocycles. The van der Waals surface area contributed by atoms with Gasteiger partial charge in [0.2, 0.25) is 0 Å². The number of nitrogen functional groups attached to an aromatic ring is 1. The Morgan fingerprint density at radius 2 is 1.79 bits per heavy atom. The predicted molar refractivity (Wildman–Crippen MR) is 70.6 cm³/mol. The van der Waals surface area contributed by atoms with Crippen LogP contribution < -0.4 is 16.6 Å². The van der Waals surface area contributed by atoms with Crippen molar-refractivity contribution in [2.75, 3.05) is 5.43 Å². The highest BCUT2D eigenvalue weighted by Gasteiger charge is 2.16. The third-order valence-corrected chi connectivity index (χ3v) is 2.65. The van der Waals surface area contributed by atoms with Crippen molar-refractivity contribution < 1.29 is 13.6 Å². The number of anilines is 1. The number of nitrogens with one attached hydrogen (secondary N) is 2. The molecule has 0 saturated heterocycles. The van der Waals surface area contributed by atoms with Crippen molar-refractivity contribution in [1.29, 1.82) is 0 Å². The standard InChI is InChI=1S/C13H19F2N3O/c1-7(2)4-8(3)17-13(19)9-5-10(14)12(18-16)11(15)6-9/h5-8,18H,4,16H2,1-3H3,(H,17,19). The molecular formula is C13H19F2N3O. The van der Waals surface area contributed by atoms with E-state index in [1.165, 1.54) is 0 Å². The molecule has 1 amide bonds. The highest BCUT2D eigenvalue weighted by Crippen LogP contribution is 2.19. The zero-order valence-electron chi connectivity index (χ0n) is 11.3. The maximum Gasteiger partial charge on any atom is 0.251 e. The Bertz CT molecular complexity index is 440. The van der Waals surface area contributed by atoms with E-state index >= 15 is 0 Å². The first kappa shape index (κ1) is 15.4. The summed E-state index contributed by atoms with van der Waals surface area (Å²) in [5, 5.41) is 2.70. The molecule has 1 unspecified atom stereocenters. The molecule has 0 aliphatic rings. The molecule has 1 rings (SSSR count). The minimum absolute atomic E-state index is 0.0640. The number of halogens is 2. The van der Waals surface area contributed by atoms with E-state index in [4.69, 9.17) is 5.84 Å². The van der Waals surface area contributed by atoms with Crippen LogP contribution in [-0.2, 0) is 0 Å². The van der Waals surface area contributed by atoms with E-state index in [0.29, 0.717) is 5.92 Å². The Morgan fingerprint density at radius 1 is 1.26 bits per heavy atom. The molecule has 106 valence electrons. The fourth-order valence-electron chi connectivity index (χ4n) is 1.92. The fourth-order valence-corrected chi connectivity index (χ4v) is 1.92. The molecule has 0 aliphatic carbocycles. The van der Waals surface area contributed by atoms with Crippen LogP contribution in [0, 0.1) is 17.6 Å². The van der Waals surface area contributed by atoms with Crippen LogP contribution in [0.2, 0.25) is 0 Å². The van der Waals surface area contributed by atoms with Crippen LogP contribution in [0.5, 0.6) is 0 Å². The molecule has 0 aromatic heterocycles. The number of rotatable bonds is 5. The molecule has 4 nitrogen and oxygen atoms in total. The number of hydrogen-bond acceptors (Lipinski definition) is 3. The van der Waals surface area contributed by atoms with Crippen molar-refractivity contribution in [1.82, 2.24) is 5.32 Å². The molecule has 19 heavy (non-hydrogen) atoms. The SMILES string of the molecule is CC(C)CC(C)NC(=O)c1cc(F)c(NN)c(F)c1. The van der Waals surface area contributed by atoms with Gasteiger partial charge in [-0.15, -0.1) is 0 Å². The third kappa shape index (κ3) is 4.17. The van der Waals surface area contributed by atoms with Gasteiger partial charge in [0.15, 0.2) is 11.6 Å². The summed E-state index contributed by atoms with van der Waals surface area (Å²) in [5.74, 6) is 3.10. The van der Waals surface area contributed by atoms with Gasteiger partial charge in [0, 0.05) is 11.6 Å². The molecule has 6 heteroatoms. The summed E-state index contributed by atoms with van der Waals surface area (Å²) < 4.78 is 26.9. The van der Waals surface area contributed by atoms with E-state index < -0.39 is 23.2 Å². The van der Waals surface area contributed by atoms with E-state index in [-0.39, 0.29) is 11.6 Å². The minimum atomic E-state index is -0.899. The number of hydrazine groups is 1. The summed E-state index contributed by atoms with van der Waals surface area (Å²) in [6, 6.07) is 1.84. The average Bonchev–Trinajstić information content (AvgIpc) is 2.26. The van der Waals surface area contributed by atoms with Gasteiger partial charge in [-0.3, -0.25) is 10.6 Å². The number of nitrogens with two attached hydrogens (primary N) is 1. The smallest absolute Gasteiger partial charge is 0.251 e. The van der Waals surface area contributed by atoms with E-state index in [9.17, 15) is 13.6 Å². The zero-order chi connectivity index (χ0) is 14.6. The van der Waals surface area contributed by atoms with E-state index in [1.54, 1.807) is 0 Å². The lowest BCUT2D eigenvalue weighted by atomic mass is 10.0. The number of benzene rings is 1. The van der Waals surface area contributed by atoms with Crippen LogP contribution >= 0.6 is 0 Å². The van der Waals surface area contributed by atoms with Crippen molar-refractivity contribution in [2.45, 2.75) is 33.2 Å². The molecule has 1 aromatic carbocycles. The van der Waals surface area contributed by atoms with Crippen LogP contribution in [0.1, 0.15) is 37.6 Å². The zero-order valence-corrected chi connectivity index (χ0v) is 11.3. The molecule has 4 N–H and O–H groups in total. The van der Waals surface area contributed by atoms with Gasteiger partial charge >= 0.3 is 0 Å². The second-order valence-corrected chi connectivity index (χ2v) is 4.96. The monoisotopic (exact) mass is 271 g/mol. The average molecular weight is 271 g/mol. The van der Waals surface area contributed by atoms with Gasteiger partial charge in [0.05, 0.1) is 0 Å². The van der Waals surface area contributed by atoms with Crippen LogP contribution in [0.4, 0.5) is 14.5 Å². The van der Waals surface area contributed by atoms with E-state index in [1.807, 2.05) is 26.2 Å². The molecule has 0 aliphatic heterocycles. The molecule has 0 heterocycles. The summed E-state index contributed by atoms with van der Waals surface area (Å²) >= 11 is 0. The topological polar surface area (TPSA) is 67.2 Å². The van der Waals surface area contributed by atoms with Gasteiger partial charge in [-0.2, -0.15) is 0 Å². The second kappa shape index (κ2) is 6.47. The maximum absolute atomic E-state index is 13.5. The first-order valence-electron chi connectivity index (χ1n) is 6.11. The highest BCUT2D eigenvalue weighted by molar-refractivity contribution is 5.94. The molecule has 0 fully saturated rings.